The van der Waals surface area contributed by atoms with Crippen molar-refractivity contribution in [2.75, 3.05) is 0 Å². The number of fused-ring (bicyclic) bond motifs is 1. The highest BCUT2D eigenvalue weighted by Crippen LogP contribution is 2.40. The molecule has 42 heavy (non-hydrogen) atoms. The third kappa shape index (κ3) is 4.92. The van der Waals surface area contributed by atoms with Crippen molar-refractivity contribution in [2.24, 2.45) is 0 Å². The predicted molar refractivity (Wildman–Crippen MR) is 168 cm³/mol. The van der Waals surface area contributed by atoms with Crippen LogP contribution in [0.25, 0.3) is 60.9 Å². The van der Waals surface area contributed by atoms with Crippen molar-refractivity contribution in [3.8, 4) is 44.5 Å². The van der Waals surface area contributed by atoms with Gasteiger partial charge in [-0.25, -0.2) is 0 Å². The Morgan fingerprint density at radius 2 is 0.929 bits per heavy atom. The second kappa shape index (κ2) is 10.2. The minimum absolute atomic E-state index is 0.644. The fraction of sp³-hybridized carbons (Fsp3) is 0.0769. The number of alkyl halides is 3. The highest BCUT2D eigenvalue weighted by Gasteiger charge is 2.30. The Morgan fingerprint density at radius 3 is 1.45 bits per heavy atom. The van der Waals surface area contributed by atoms with E-state index in [0.29, 0.717) is 0 Å². The lowest BCUT2D eigenvalue weighted by molar-refractivity contribution is -0.137. The Morgan fingerprint density at radius 1 is 0.476 bits per heavy atom. The lowest BCUT2D eigenvalue weighted by Gasteiger charge is -2.15. The molecule has 0 atom stereocenters. The predicted octanol–water partition coefficient (Wildman–Crippen LogP) is 11.6. The topological polar surface area (TPSA) is 0 Å². The molecule has 6 aromatic rings. The maximum Gasteiger partial charge on any atom is 0.416 e. The van der Waals surface area contributed by atoms with Crippen LogP contribution in [0.2, 0.25) is 0 Å². The summed E-state index contributed by atoms with van der Waals surface area (Å²) in [6.07, 6.45) is -1.01. The molecular formula is C39H27F3. The summed E-state index contributed by atoms with van der Waals surface area (Å²) in [6, 6.07) is 41.5. The molecule has 6 aromatic carbocycles. The Kier molecular flexibility index (Phi) is 6.31. The zero-order valence-corrected chi connectivity index (χ0v) is 23.0. The molecule has 3 heteroatoms. The Labute approximate surface area is 243 Å². The molecule has 0 spiro atoms. The molecule has 1 aliphatic carbocycles. The fourth-order valence-electron chi connectivity index (χ4n) is 5.87. The van der Waals surface area contributed by atoms with Gasteiger partial charge in [-0.3, -0.25) is 0 Å². The molecule has 0 radical (unpaired) electrons. The van der Waals surface area contributed by atoms with Gasteiger partial charge in [-0.15, -0.1) is 0 Å². The van der Waals surface area contributed by atoms with Crippen LogP contribution >= 0.6 is 0 Å². The fourth-order valence-corrected chi connectivity index (χ4v) is 5.87. The molecule has 1 aliphatic rings. The van der Waals surface area contributed by atoms with E-state index in [1.807, 2.05) is 24.3 Å². The van der Waals surface area contributed by atoms with Crippen LogP contribution in [-0.4, -0.2) is 0 Å². The highest BCUT2D eigenvalue weighted by atomic mass is 19.4. The maximum absolute atomic E-state index is 13.1. The summed E-state index contributed by atoms with van der Waals surface area (Å²) in [5.41, 5.74) is 11.7. The summed E-state index contributed by atoms with van der Waals surface area (Å²) in [5, 5.41) is 2.41. The summed E-state index contributed by atoms with van der Waals surface area (Å²) < 4.78 is 39.3. The lowest BCUT2D eigenvalue weighted by atomic mass is 9.89. The smallest absolute Gasteiger partial charge is 0.166 e. The van der Waals surface area contributed by atoms with Gasteiger partial charge in [0.1, 0.15) is 0 Å². The van der Waals surface area contributed by atoms with Gasteiger partial charge in [0.05, 0.1) is 5.56 Å². The van der Waals surface area contributed by atoms with Crippen LogP contribution in [0.3, 0.4) is 0 Å². The normalized spacial score (nSPS) is 12.8. The van der Waals surface area contributed by atoms with Gasteiger partial charge in [-0.2, -0.15) is 13.2 Å². The van der Waals surface area contributed by atoms with Crippen LogP contribution in [-0.2, 0) is 6.18 Å². The van der Waals surface area contributed by atoms with Gasteiger partial charge < -0.3 is 0 Å². The largest absolute Gasteiger partial charge is 0.416 e. The van der Waals surface area contributed by atoms with Crippen molar-refractivity contribution in [1.82, 2.24) is 0 Å². The molecule has 0 amide bonds. The Balaban J connectivity index is 1.26. The maximum atomic E-state index is 13.1. The number of halogens is 3. The van der Waals surface area contributed by atoms with Crippen LogP contribution in [0.4, 0.5) is 13.2 Å². The molecule has 0 heterocycles. The molecule has 0 saturated carbocycles. The van der Waals surface area contributed by atoms with Gasteiger partial charge >= 0.3 is 6.18 Å². The number of aryl methyl sites for hydroxylation is 1. The van der Waals surface area contributed by atoms with Crippen molar-refractivity contribution >= 4 is 16.3 Å². The molecule has 0 saturated heterocycles. The molecule has 204 valence electrons. The van der Waals surface area contributed by atoms with Crippen molar-refractivity contribution in [3.05, 3.63) is 150 Å². The minimum atomic E-state index is -4.35. The number of rotatable bonds is 5. The first-order valence-electron chi connectivity index (χ1n) is 14.1. The first-order chi connectivity index (χ1) is 20.3. The molecule has 0 aromatic heterocycles. The van der Waals surface area contributed by atoms with Crippen molar-refractivity contribution in [2.45, 2.75) is 19.5 Å². The molecule has 7 rings (SSSR count). The molecule has 0 aliphatic heterocycles. The van der Waals surface area contributed by atoms with Crippen LogP contribution in [0, 0.1) is 6.92 Å². The molecule has 0 unspecified atom stereocenters. The second-order valence-electron chi connectivity index (χ2n) is 10.9. The zero-order chi connectivity index (χ0) is 28.8. The first kappa shape index (κ1) is 26.0. The zero-order valence-electron chi connectivity index (χ0n) is 23.0. The summed E-state index contributed by atoms with van der Waals surface area (Å²) in [4.78, 5) is 0. The molecule has 0 N–H and O–H groups in total. The lowest BCUT2D eigenvalue weighted by Crippen LogP contribution is -2.04. The van der Waals surface area contributed by atoms with Gasteiger partial charge in [0.25, 0.3) is 0 Å². The van der Waals surface area contributed by atoms with Crippen LogP contribution in [0.1, 0.15) is 23.1 Å². The van der Waals surface area contributed by atoms with Crippen molar-refractivity contribution in [1.29, 1.82) is 0 Å². The average Bonchev–Trinajstić information content (AvgIpc) is 3.86. The summed E-state index contributed by atoms with van der Waals surface area (Å²) in [7, 11) is 0. The molecule has 0 fully saturated rings. The number of allylic oxidation sites excluding steroid dienone is 2. The van der Waals surface area contributed by atoms with Gasteiger partial charge in [0.2, 0.25) is 0 Å². The average molecular weight is 553 g/mol. The van der Waals surface area contributed by atoms with E-state index in [1.54, 1.807) is 12.1 Å². The van der Waals surface area contributed by atoms with Crippen molar-refractivity contribution in [3.63, 3.8) is 0 Å². The van der Waals surface area contributed by atoms with Gasteiger partial charge in [-0.1, -0.05) is 115 Å². The van der Waals surface area contributed by atoms with Crippen LogP contribution in [0.5, 0.6) is 0 Å². The van der Waals surface area contributed by atoms with E-state index in [0.717, 1.165) is 51.9 Å². The van der Waals surface area contributed by atoms with E-state index >= 15 is 0 Å². The monoisotopic (exact) mass is 552 g/mol. The van der Waals surface area contributed by atoms with Crippen LogP contribution in [0.15, 0.2) is 133 Å². The van der Waals surface area contributed by atoms with Gasteiger partial charge in [-0.05, 0) is 104 Å². The van der Waals surface area contributed by atoms with E-state index in [9.17, 15) is 13.2 Å². The third-order valence-corrected chi connectivity index (χ3v) is 8.05. The number of benzene rings is 6. The van der Waals surface area contributed by atoms with E-state index in [4.69, 9.17) is 0 Å². The first-order valence-corrected chi connectivity index (χ1v) is 14.1. The number of hydrogen-bond donors (Lipinski definition) is 0. The van der Waals surface area contributed by atoms with E-state index in [-0.39, 0.29) is 0 Å². The summed E-state index contributed by atoms with van der Waals surface area (Å²) >= 11 is 0. The molecular weight excluding hydrogens is 525 g/mol. The molecule has 0 nitrogen and oxygen atoms in total. The van der Waals surface area contributed by atoms with Gasteiger partial charge in [0, 0.05) is 0 Å². The Bertz CT molecular complexity index is 1980. The quantitative estimate of drug-likeness (QED) is 0.200. The summed E-state index contributed by atoms with van der Waals surface area (Å²) in [6.45, 7) is 2.16. The standard InChI is InChI=1S/C39H27F3/c1-25-22-30(26-10-11-26)24-31(23-25)36-21-20-35(37-8-4-5-9-38(36)37)28-14-12-27(13-15-28)33-6-2-3-7-34(33)29-16-18-32(19-17-29)39(40,41)42/h2-10,12-24H,11H2,1H3. The minimum Gasteiger partial charge on any atom is -0.166 e. The van der Waals surface area contributed by atoms with E-state index in [1.165, 1.54) is 38.6 Å². The Hall–Kier alpha value is -4.89. The van der Waals surface area contributed by atoms with E-state index in [2.05, 4.69) is 91.9 Å². The summed E-state index contributed by atoms with van der Waals surface area (Å²) in [5.74, 6) is 0. The third-order valence-electron chi connectivity index (χ3n) is 8.05. The SMILES string of the molecule is Cc1cc(C2=CC2)cc(-c2ccc(-c3ccc(-c4ccccc4-c4ccc(C(F)(F)F)cc4)cc3)c3ccccc23)c1. The number of hydrogen-bond acceptors (Lipinski definition) is 0. The van der Waals surface area contributed by atoms with Crippen LogP contribution < -0.4 is 0 Å². The van der Waals surface area contributed by atoms with E-state index < -0.39 is 11.7 Å². The second-order valence-corrected chi connectivity index (χ2v) is 10.9. The highest BCUT2D eigenvalue weighted by molar-refractivity contribution is 6.05. The van der Waals surface area contributed by atoms with Gasteiger partial charge in [0.15, 0.2) is 0 Å². The van der Waals surface area contributed by atoms with Crippen molar-refractivity contribution < 1.29 is 13.2 Å². The molecule has 0 bridgehead atoms.